The lowest BCUT2D eigenvalue weighted by Crippen LogP contribution is -2.21. The monoisotopic (exact) mass is 375 g/mol. The van der Waals surface area contributed by atoms with Crippen molar-refractivity contribution in [2.75, 3.05) is 22.5 Å². The quantitative estimate of drug-likeness (QED) is 0.717. The summed E-state index contributed by atoms with van der Waals surface area (Å²) in [5.74, 6) is -0.162. The molecule has 0 radical (unpaired) electrons. The summed E-state index contributed by atoms with van der Waals surface area (Å²) in [6, 6.07) is 14.6. The maximum Gasteiger partial charge on any atom is 0.243 e. The van der Waals surface area contributed by atoms with Gasteiger partial charge >= 0.3 is 0 Å². The van der Waals surface area contributed by atoms with Gasteiger partial charge in [-0.2, -0.15) is 0 Å². The van der Waals surface area contributed by atoms with Gasteiger partial charge in [0.05, 0.1) is 6.54 Å². The van der Waals surface area contributed by atoms with Gasteiger partial charge in [-0.3, -0.25) is 9.59 Å². The Morgan fingerprint density at radius 2 is 1.57 bits per heavy atom. The topological polar surface area (TPSA) is 70.2 Å². The van der Waals surface area contributed by atoms with Crippen LogP contribution >= 0.6 is 15.9 Å². The molecule has 2 aromatic carbocycles. The first-order valence-corrected chi connectivity index (χ1v) is 8.05. The van der Waals surface area contributed by atoms with Crippen molar-refractivity contribution in [1.29, 1.82) is 0 Å². The summed E-state index contributed by atoms with van der Waals surface area (Å²) in [4.78, 5) is 23.2. The highest BCUT2D eigenvalue weighted by atomic mass is 79.9. The number of hydrogen-bond acceptors (Lipinski definition) is 3. The molecule has 0 aromatic heterocycles. The largest absolute Gasteiger partial charge is 0.376 e. The van der Waals surface area contributed by atoms with E-state index >= 15 is 0 Å². The van der Waals surface area contributed by atoms with Gasteiger partial charge in [0.1, 0.15) is 0 Å². The van der Waals surface area contributed by atoms with Crippen LogP contribution in [0.2, 0.25) is 0 Å². The molecular weight excluding hydrogens is 358 g/mol. The van der Waals surface area contributed by atoms with Crippen LogP contribution < -0.4 is 16.0 Å². The van der Waals surface area contributed by atoms with Crippen molar-refractivity contribution in [2.45, 2.75) is 13.3 Å². The molecule has 6 heteroatoms. The third kappa shape index (κ3) is 5.75. The van der Waals surface area contributed by atoms with Gasteiger partial charge in [-0.25, -0.2) is 0 Å². The fraction of sp³-hybridized carbons (Fsp3) is 0.176. The lowest BCUT2D eigenvalue weighted by molar-refractivity contribution is -0.116. The zero-order valence-electron chi connectivity index (χ0n) is 12.7. The van der Waals surface area contributed by atoms with E-state index in [0.717, 1.165) is 21.5 Å². The molecule has 0 bridgehead atoms. The van der Waals surface area contributed by atoms with Crippen LogP contribution in [0.1, 0.15) is 13.3 Å². The van der Waals surface area contributed by atoms with Crippen LogP contribution in [0.25, 0.3) is 0 Å². The van der Waals surface area contributed by atoms with Crippen molar-refractivity contribution >= 4 is 44.8 Å². The van der Waals surface area contributed by atoms with Gasteiger partial charge in [0.15, 0.2) is 0 Å². The number of rotatable bonds is 6. The van der Waals surface area contributed by atoms with Crippen LogP contribution in [0.3, 0.4) is 0 Å². The summed E-state index contributed by atoms with van der Waals surface area (Å²) in [6.45, 7) is 1.96. The molecule has 23 heavy (non-hydrogen) atoms. The molecular formula is C17H18BrN3O2. The van der Waals surface area contributed by atoms with Gasteiger partial charge < -0.3 is 16.0 Å². The minimum atomic E-state index is -0.133. The first-order valence-electron chi connectivity index (χ1n) is 7.26. The summed E-state index contributed by atoms with van der Waals surface area (Å²) in [7, 11) is 0. The first kappa shape index (κ1) is 17.0. The number of hydrogen-bond donors (Lipinski definition) is 3. The van der Waals surface area contributed by atoms with Crippen LogP contribution in [0.4, 0.5) is 17.1 Å². The van der Waals surface area contributed by atoms with Gasteiger partial charge in [-0.15, -0.1) is 0 Å². The van der Waals surface area contributed by atoms with Gasteiger partial charge in [0, 0.05) is 28.0 Å². The van der Waals surface area contributed by atoms with Crippen LogP contribution in [0.5, 0.6) is 0 Å². The van der Waals surface area contributed by atoms with Crippen molar-refractivity contribution in [3.05, 3.63) is 53.0 Å². The molecule has 3 N–H and O–H groups in total. The third-order valence-electron chi connectivity index (χ3n) is 3.05. The first-order chi connectivity index (χ1) is 11.1. The molecule has 0 fully saturated rings. The molecule has 2 rings (SSSR count). The SMILES string of the molecule is CCC(=O)Nc1ccc(NCC(=O)Nc2cccc(Br)c2)cc1. The summed E-state index contributed by atoms with van der Waals surface area (Å²) < 4.78 is 0.910. The van der Waals surface area contributed by atoms with E-state index in [1.807, 2.05) is 36.4 Å². The van der Waals surface area contributed by atoms with Crippen LogP contribution in [0, 0.1) is 0 Å². The van der Waals surface area contributed by atoms with E-state index in [4.69, 9.17) is 0 Å². The summed E-state index contributed by atoms with van der Waals surface area (Å²) in [5, 5.41) is 8.62. The predicted molar refractivity (Wildman–Crippen MR) is 96.6 cm³/mol. The second kappa shape index (κ2) is 8.33. The van der Waals surface area contributed by atoms with E-state index in [0.29, 0.717) is 6.42 Å². The van der Waals surface area contributed by atoms with Gasteiger partial charge in [-0.1, -0.05) is 28.9 Å². The highest BCUT2D eigenvalue weighted by Gasteiger charge is 2.03. The van der Waals surface area contributed by atoms with Crippen molar-refractivity contribution in [3.8, 4) is 0 Å². The molecule has 0 aliphatic rings. The molecule has 2 aromatic rings. The molecule has 2 amide bonds. The van der Waals surface area contributed by atoms with E-state index in [9.17, 15) is 9.59 Å². The minimum Gasteiger partial charge on any atom is -0.376 e. The average molecular weight is 376 g/mol. The van der Waals surface area contributed by atoms with Crippen LogP contribution in [0.15, 0.2) is 53.0 Å². The normalized spacial score (nSPS) is 10.0. The molecule has 0 spiro atoms. The molecule has 0 aliphatic carbocycles. The Kier molecular flexibility index (Phi) is 6.17. The maximum atomic E-state index is 11.9. The Morgan fingerprint density at radius 3 is 2.22 bits per heavy atom. The van der Waals surface area contributed by atoms with Crippen molar-refractivity contribution in [2.24, 2.45) is 0 Å². The Hall–Kier alpha value is -2.34. The lowest BCUT2D eigenvalue weighted by Gasteiger charge is -2.09. The number of nitrogens with one attached hydrogen (secondary N) is 3. The van der Waals surface area contributed by atoms with Crippen molar-refractivity contribution < 1.29 is 9.59 Å². The molecule has 0 heterocycles. The van der Waals surface area contributed by atoms with E-state index in [2.05, 4.69) is 31.9 Å². The van der Waals surface area contributed by atoms with Crippen molar-refractivity contribution in [1.82, 2.24) is 0 Å². The minimum absolute atomic E-state index is 0.0286. The molecule has 0 unspecified atom stereocenters. The second-order valence-electron chi connectivity index (χ2n) is 4.89. The highest BCUT2D eigenvalue weighted by Crippen LogP contribution is 2.16. The zero-order valence-corrected chi connectivity index (χ0v) is 14.3. The fourth-order valence-electron chi connectivity index (χ4n) is 1.87. The molecule has 5 nitrogen and oxygen atoms in total. The fourth-order valence-corrected chi connectivity index (χ4v) is 2.27. The number of amides is 2. The highest BCUT2D eigenvalue weighted by molar-refractivity contribution is 9.10. The predicted octanol–water partition coefficient (Wildman–Crippen LogP) is 3.85. The standard InChI is InChI=1S/C17H18BrN3O2/c1-2-16(22)20-14-8-6-13(7-9-14)19-11-17(23)21-15-5-3-4-12(18)10-15/h3-10,19H,2,11H2,1H3,(H,20,22)(H,21,23). The van der Waals surface area contributed by atoms with E-state index < -0.39 is 0 Å². The van der Waals surface area contributed by atoms with Gasteiger partial charge in [0.2, 0.25) is 11.8 Å². The Bertz CT molecular complexity index is 686. The summed E-state index contributed by atoms with van der Waals surface area (Å²) in [6.07, 6.45) is 0.440. The second-order valence-corrected chi connectivity index (χ2v) is 5.81. The number of carbonyl (C=O) groups excluding carboxylic acids is 2. The Labute approximate surface area is 143 Å². The maximum absolute atomic E-state index is 11.9. The zero-order chi connectivity index (χ0) is 16.7. The summed E-state index contributed by atoms with van der Waals surface area (Å²) >= 11 is 3.36. The molecule has 0 saturated carbocycles. The lowest BCUT2D eigenvalue weighted by atomic mass is 10.2. The molecule has 0 saturated heterocycles. The number of anilines is 3. The third-order valence-corrected chi connectivity index (χ3v) is 3.54. The Morgan fingerprint density at radius 1 is 0.913 bits per heavy atom. The molecule has 120 valence electrons. The van der Waals surface area contributed by atoms with Gasteiger partial charge in [0.25, 0.3) is 0 Å². The summed E-state index contributed by atoms with van der Waals surface area (Å²) in [5.41, 5.74) is 2.29. The van der Waals surface area contributed by atoms with E-state index in [1.165, 1.54) is 0 Å². The van der Waals surface area contributed by atoms with Crippen LogP contribution in [-0.4, -0.2) is 18.4 Å². The molecule has 0 atom stereocenters. The Balaban J connectivity index is 1.83. The van der Waals surface area contributed by atoms with E-state index in [1.54, 1.807) is 19.1 Å². The van der Waals surface area contributed by atoms with Crippen LogP contribution in [-0.2, 0) is 9.59 Å². The van der Waals surface area contributed by atoms with Gasteiger partial charge in [-0.05, 0) is 42.5 Å². The molecule has 0 aliphatic heterocycles. The number of carbonyl (C=O) groups is 2. The average Bonchev–Trinajstić information content (AvgIpc) is 2.54. The number of benzene rings is 2. The smallest absolute Gasteiger partial charge is 0.243 e. The van der Waals surface area contributed by atoms with E-state index in [-0.39, 0.29) is 18.4 Å². The number of halogens is 1. The van der Waals surface area contributed by atoms with Crippen molar-refractivity contribution in [3.63, 3.8) is 0 Å².